The van der Waals surface area contributed by atoms with Gasteiger partial charge in [0.1, 0.15) is 5.76 Å². The second-order valence-electron chi connectivity index (χ2n) is 6.76. The average Bonchev–Trinajstić information content (AvgIpc) is 3.33. The van der Waals surface area contributed by atoms with Crippen LogP contribution < -0.4 is 10.6 Å². The zero-order valence-electron chi connectivity index (χ0n) is 15.1. The average molecular weight is 381 g/mol. The van der Waals surface area contributed by atoms with E-state index in [0.717, 1.165) is 30.8 Å². The Bertz CT molecular complexity index is 595. The number of thioether (sulfide) groups is 1. The Labute approximate surface area is 158 Å². The van der Waals surface area contributed by atoms with Crippen LogP contribution in [0.2, 0.25) is 0 Å². The molecule has 0 aliphatic carbocycles. The van der Waals surface area contributed by atoms with Crippen LogP contribution >= 0.6 is 11.8 Å². The zero-order valence-corrected chi connectivity index (χ0v) is 15.9. The van der Waals surface area contributed by atoms with Gasteiger partial charge in [-0.05, 0) is 25.0 Å². The summed E-state index contributed by atoms with van der Waals surface area (Å²) in [6, 6.07) is 4.16. The number of fused-ring (bicyclic) bond motifs is 1. The molecular formula is C18H27N3O4S. The topological polar surface area (TPSA) is 83.8 Å². The second-order valence-corrected chi connectivity index (χ2v) is 8.03. The summed E-state index contributed by atoms with van der Waals surface area (Å²) in [5.74, 6) is 1.89. The zero-order chi connectivity index (χ0) is 18.4. The minimum absolute atomic E-state index is 0.0489. The van der Waals surface area contributed by atoms with Gasteiger partial charge >= 0.3 is 6.03 Å². The van der Waals surface area contributed by atoms with Gasteiger partial charge in [0, 0.05) is 31.1 Å². The number of hydrogen-bond donors (Lipinski definition) is 2. The van der Waals surface area contributed by atoms with E-state index in [1.165, 1.54) is 0 Å². The van der Waals surface area contributed by atoms with Gasteiger partial charge in [0.2, 0.25) is 5.91 Å². The van der Waals surface area contributed by atoms with Crippen molar-refractivity contribution >= 4 is 23.7 Å². The highest BCUT2D eigenvalue weighted by Gasteiger charge is 2.42. The Morgan fingerprint density at radius 3 is 3.08 bits per heavy atom. The van der Waals surface area contributed by atoms with E-state index in [2.05, 4.69) is 10.6 Å². The van der Waals surface area contributed by atoms with E-state index in [0.29, 0.717) is 31.4 Å². The lowest BCUT2D eigenvalue weighted by Crippen LogP contribution is -2.36. The van der Waals surface area contributed by atoms with Crippen molar-refractivity contribution in [1.82, 2.24) is 15.5 Å². The van der Waals surface area contributed by atoms with E-state index in [9.17, 15) is 9.59 Å². The van der Waals surface area contributed by atoms with Gasteiger partial charge in [0.25, 0.3) is 0 Å². The summed E-state index contributed by atoms with van der Waals surface area (Å²) in [6.45, 7) is 1.56. The SMILES string of the molecule is COCCN(Cc1ccco1)C(=O)CCCC[C@@H]1SC[C@@H]2NC(=O)N[C@@H]21. The molecule has 0 saturated carbocycles. The van der Waals surface area contributed by atoms with Crippen molar-refractivity contribution in [3.63, 3.8) is 0 Å². The summed E-state index contributed by atoms with van der Waals surface area (Å²) in [7, 11) is 1.64. The minimum Gasteiger partial charge on any atom is -0.467 e. The van der Waals surface area contributed by atoms with Gasteiger partial charge in [-0.15, -0.1) is 0 Å². The first kappa shape index (κ1) is 19.1. The number of urea groups is 1. The molecule has 144 valence electrons. The number of amides is 3. The Kier molecular flexibility index (Phi) is 6.85. The molecule has 3 heterocycles. The van der Waals surface area contributed by atoms with Crippen LogP contribution in [0.4, 0.5) is 4.79 Å². The van der Waals surface area contributed by atoms with Crippen molar-refractivity contribution in [2.75, 3.05) is 26.0 Å². The Morgan fingerprint density at radius 1 is 1.42 bits per heavy atom. The summed E-state index contributed by atoms with van der Waals surface area (Å²) < 4.78 is 10.5. The highest BCUT2D eigenvalue weighted by Crippen LogP contribution is 2.33. The quantitative estimate of drug-likeness (QED) is 0.478. The van der Waals surface area contributed by atoms with Gasteiger partial charge in [-0.25, -0.2) is 4.79 Å². The second kappa shape index (κ2) is 9.32. The lowest BCUT2D eigenvalue weighted by molar-refractivity contribution is -0.132. The van der Waals surface area contributed by atoms with Crippen molar-refractivity contribution in [2.24, 2.45) is 0 Å². The standard InChI is InChI=1S/C18H27N3O4S/c1-24-10-8-21(11-13-5-4-9-25-13)16(22)7-3-2-6-15-17-14(12-26-15)19-18(23)20-17/h4-5,9,14-15,17H,2-3,6-8,10-12H2,1H3,(H2,19,20,23)/t14-,15-,17-/m0/s1. The molecule has 3 amide bonds. The number of furan rings is 1. The minimum atomic E-state index is -0.0489. The first-order valence-electron chi connectivity index (χ1n) is 9.15. The number of rotatable bonds is 10. The number of unbranched alkanes of at least 4 members (excludes halogenated alkanes) is 1. The van der Waals surface area contributed by atoms with Crippen molar-refractivity contribution in [3.8, 4) is 0 Å². The number of carbonyl (C=O) groups is 2. The van der Waals surface area contributed by atoms with Crippen LogP contribution in [0.3, 0.4) is 0 Å². The fraction of sp³-hybridized carbons (Fsp3) is 0.667. The van der Waals surface area contributed by atoms with Gasteiger partial charge < -0.3 is 24.7 Å². The van der Waals surface area contributed by atoms with Crippen molar-refractivity contribution < 1.29 is 18.7 Å². The maximum absolute atomic E-state index is 12.6. The summed E-state index contributed by atoms with van der Waals surface area (Å²) in [5, 5.41) is 6.41. The number of nitrogens with zero attached hydrogens (tertiary/aromatic N) is 1. The molecule has 1 aromatic rings. The molecule has 7 nitrogen and oxygen atoms in total. The summed E-state index contributed by atoms with van der Waals surface area (Å²) in [4.78, 5) is 25.8. The van der Waals surface area contributed by atoms with Gasteiger partial charge in [-0.3, -0.25) is 4.79 Å². The van der Waals surface area contributed by atoms with Crippen LogP contribution in [-0.2, 0) is 16.1 Å². The third-order valence-corrected chi connectivity index (χ3v) is 6.42. The van der Waals surface area contributed by atoms with Crippen molar-refractivity contribution in [2.45, 2.75) is 49.6 Å². The number of nitrogens with one attached hydrogen (secondary N) is 2. The number of methoxy groups -OCH3 is 1. The summed E-state index contributed by atoms with van der Waals surface area (Å²) >= 11 is 1.91. The molecule has 3 rings (SSSR count). The molecule has 26 heavy (non-hydrogen) atoms. The maximum Gasteiger partial charge on any atom is 0.315 e. The first-order valence-corrected chi connectivity index (χ1v) is 10.2. The predicted octanol–water partition coefficient (Wildman–Crippen LogP) is 1.98. The van der Waals surface area contributed by atoms with Crippen LogP contribution in [0.5, 0.6) is 0 Å². The summed E-state index contributed by atoms with van der Waals surface area (Å²) in [6.07, 6.45) is 5.02. The van der Waals surface area contributed by atoms with Crippen LogP contribution in [0.15, 0.2) is 22.8 Å². The smallest absolute Gasteiger partial charge is 0.315 e. The van der Waals surface area contributed by atoms with E-state index in [4.69, 9.17) is 9.15 Å². The van der Waals surface area contributed by atoms with Gasteiger partial charge in [0.05, 0.1) is 31.5 Å². The predicted molar refractivity (Wildman–Crippen MR) is 100.0 cm³/mol. The Hall–Kier alpha value is -1.67. The third kappa shape index (κ3) is 4.94. The molecule has 2 aliphatic rings. The molecule has 3 atom stereocenters. The molecule has 1 aromatic heterocycles. The fourth-order valence-corrected chi connectivity index (χ4v) is 5.05. The van der Waals surface area contributed by atoms with E-state index in [-0.39, 0.29) is 24.0 Å². The molecule has 2 saturated heterocycles. The molecule has 0 spiro atoms. The lowest BCUT2D eigenvalue weighted by atomic mass is 10.0. The molecule has 0 aromatic carbocycles. The molecular weight excluding hydrogens is 354 g/mol. The van der Waals surface area contributed by atoms with Crippen LogP contribution in [0.1, 0.15) is 31.4 Å². The monoisotopic (exact) mass is 381 g/mol. The van der Waals surface area contributed by atoms with Crippen LogP contribution in [0, 0.1) is 0 Å². The normalized spacial score (nSPS) is 24.2. The van der Waals surface area contributed by atoms with Gasteiger partial charge in [0.15, 0.2) is 0 Å². The van der Waals surface area contributed by atoms with Crippen LogP contribution in [-0.4, -0.2) is 60.2 Å². The molecule has 2 N–H and O–H groups in total. The molecule has 0 radical (unpaired) electrons. The molecule has 8 heteroatoms. The Morgan fingerprint density at radius 2 is 2.31 bits per heavy atom. The number of hydrogen-bond acceptors (Lipinski definition) is 5. The van der Waals surface area contributed by atoms with E-state index < -0.39 is 0 Å². The van der Waals surface area contributed by atoms with E-state index in [1.54, 1.807) is 18.3 Å². The highest BCUT2D eigenvalue weighted by atomic mass is 32.2. The molecule has 0 bridgehead atoms. The van der Waals surface area contributed by atoms with Crippen molar-refractivity contribution in [1.29, 1.82) is 0 Å². The van der Waals surface area contributed by atoms with Crippen molar-refractivity contribution in [3.05, 3.63) is 24.2 Å². The highest BCUT2D eigenvalue weighted by molar-refractivity contribution is 8.00. The Balaban J connectivity index is 1.39. The van der Waals surface area contributed by atoms with Gasteiger partial charge in [-0.2, -0.15) is 11.8 Å². The summed E-state index contributed by atoms with van der Waals surface area (Å²) in [5.41, 5.74) is 0. The molecule has 0 unspecified atom stereocenters. The third-order valence-electron chi connectivity index (χ3n) is 4.91. The van der Waals surface area contributed by atoms with E-state index in [1.807, 2.05) is 23.9 Å². The number of carbonyl (C=O) groups excluding carboxylic acids is 2. The fourth-order valence-electron chi connectivity index (χ4n) is 3.51. The maximum atomic E-state index is 12.6. The largest absolute Gasteiger partial charge is 0.467 e. The molecule has 2 aliphatic heterocycles. The van der Waals surface area contributed by atoms with Gasteiger partial charge in [-0.1, -0.05) is 6.42 Å². The number of ether oxygens (including phenoxy) is 1. The first-order chi connectivity index (χ1) is 12.7. The van der Waals surface area contributed by atoms with E-state index >= 15 is 0 Å². The lowest BCUT2D eigenvalue weighted by Gasteiger charge is -2.21. The van der Waals surface area contributed by atoms with Crippen LogP contribution in [0.25, 0.3) is 0 Å². The molecule has 2 fully saturated rings.